The molecule has 2 saturated heterocycles. The highest BCUT2D eigenvalue weighted by Crippen LogP contribution is 2.52. The summed E-state index contributed by atoms with van der Waals surface area (Å²) in [6.07, 6.45) is 5.40. The average molecular weight is 545 g/mol. The normalized spacial score (nSPS) is 24.4. The van der Waals surface area contributed by atoms with Crippen LogP contribution in [0.15, 0.2) is 77.7 Å². The summed E-state index contributed by atoms with van der Waals surface area (Å²) in [5, 5.41) is 15.6. The van der Waals surface area contributed by atoms with E-state index in [9.17, 15) is 14.7 Å². The maximum Gasteiger partial charge on any atom is 0.320 e. The molecule has 3 aliphatic rings. The summed E-state index contributed by atoms with van der Waals surface area (Å²) in [4.78, 5) is 31.0. The lowest BCUT2D eigenvalue weighted by atomic mass is 9.66. The third-order valence-electron chi connectivity index (χ3n) is 9.40. The molecule has 6 rings (SSSR count). The maximum absolute atomic E-state index is 15.3. The van der Waals surface area contributed by atoms with E-state index in [1.54, 1.807) is 24.4 Å². The lowest BCUT2D eigenvalue weighted by Gasteiger charge is -2.53. The number of carbonyl (C=O) groups excluding carboxylic acids is 1. The fourth-order valence-corrected chi connectivity index (χ4v) is 7.14. The Kier molecular flexibility index (Phi) is 7.23. The molecule has 40 heavy (non-hydrogen) atoms. The monoisotopic (exact) mass is 544 g/mol. The van der Waals surface area contributed by atoms with Gasteiger partial charge in [0.15, 0.2) is 5.82 Å². The first kappa shape index (κ1) is 26.7. The number of amides is 2. The van der Waals surface area contributed by atoms with Gasteiger partial charge >= 0.3 is 6.03 Å². The quantitative estimate of drug-likeness (QED) is 0.510. The first-order valence-electron chi connectivity index (χ1n) is 14.4. The third-order valence-corrected chi connectivity index (χ3v) is 9.40. The second-order valence-corrected chi connectivity index (χ2v) is 11.6. The van der Waals surface area contributed by atoms with Crippen LogP contribution in [0.5, 0.6) is 0 Å². The number of nitrogens with zero attached hydrogens (tertiary/aromatic N) is 3. The second kappa shape index (κ2) is 10.8. The lowest BCUT2D eigenvalue weighted by molar-refractivity contribution is -0.136. The standard InChI is InChI=1S/C32H37FN4O3/c33-28-26(24-9-3-1-4-10-24)13-18-35(29(28)38)23-32(40)16-19-36(22-31(32)14-7-8-15-31)30(39)37-20-17-34-21-27(37)25-11-5-2-6-12-25/h1-6,9-13,18,27,34,40H,7-8,14-17,19-23H2. The molecule has 2 aromatic carbocycles. The van der Waals surface area contributed by atoms with E-state index in [0.29, 0.717) is 38.2 Å². The van der Waals surface area contributed by atoms with Crippen molar-refractivity contribution in [2.75, 3.05) is 32.7 Å². The van der Waals surface area contributed by atoms with Crippen LogP contribution in [0, 0.1) is 11.2 Å². The fraction of sp³-hybridized carbons (Fsp3) is 0.438. The number of likely N-dealkylation sites (tertiary alicyclic amines) is 1. The van der Waals surface area contributed by atoms with Crippen molar-refractivity contribution in [3.05, 3.63) is 94.7 Å². The number of piperidine rings is 1. The van der Waals surface area contributed by atoms with Gasteiger partial charge in [0.05, 0.1) is 18.2 Å². The number of hydrogen-bond acceptors (Lipinski definition) is 4. The van der Waals surface area contributed by atoms with E-state index >= 15 is 4.39 Å². The van der Waals surface area contributed by atoms with Gasteiger partial charge < -0.3 is 24.8 Å². The molecule has 2 amide bonds. The number of piperazine rings is 1. The number of carbonyl (C=O) groups is 1. The molecule has 1 spiro atoms. The number of benzene rings is 2. The summed E-state index contributed by atoms with van der Waals surface area (Å²) in [7, 11) is 0. The molecule has 2 N–H and O–H groups in total. The molecule has 3 heterocycles. The van der Waals surface area contributed by atoms with Crippen LogP contribution in [0.4, 0.5) is 9.18 Å². The van der Waals surface area contributed by atoms with Gasteiger partial charge in [0, 0.05) is 49.9 Å². The van der Waals surface area contributed by atoms with E-state index < -0.39 is 22.4 Å². The molecule has 2 unspecified atom stereocenters. The Hall–Kier alpha value is -3.49. The Morgan fingerprint density at radius 2 is 1.68 bits per heavy atom. The van der Waals surface area contributed by atoms with Gasteiger partial charge in [-0.3, -0.25) is 4.79 Å². The van der Waals surface area contributed by atoms with E-state index in [1.807, 2.05) is 46.2 Å². The van der Waals surface area contributed by atoms with Crippen LogP contribution in [0.2, 0.25) is 0 Å². The largest absolute Gasteiger partial charge is 0.387 e. The van der Waals surface area contributed by atoms with Crippen LogP contribution in [-0.4, -0.2) is 63.8 Å². The molecule has 2 aliphatic heterocycles. The second-order valence-electron chi connectivity index (χ2n) is 11.6. The Labute approximate surface area is 234 Å². The minimum Gasteiger partial charge on any atom is -0.387 e. The summed E-state index contributed by atoms with van der Waals surface area (Å²) in [5.41, 5.74) is -0.476. The molecular formula is C32H37FN4O3. The fourth-order valence-electron chi connectivity index (χ4n) is 7.14. The molecule has 3 aromatic rings. The first-order valence-corrected chi connectivity index (χ1v) is 14.4. The van der Waals surface area contributed by atoms with E-state index in [-0.39, 0.29) is 24.2 Å². The number of rotatable bonds is 4. The third kappa shape index (κ3) is 4.73. The zero-order chi connectivity index (χ0) is 27.7. The van der Waals surface area contributed by atoms with Gasteiger partial charge in [0.1, 0.15) is 0 Å². The molecule has 0 radical (unpaired) electrons. The number of hydrogen-bond donors (Lipinski definition) is 2. The molecule has 3 fully saturated rings. The Balaban J connectivity index is 1.25. The minimum absolute atomic E-state index is 0.000830. The van der Waals surface area contributed by atoms with Crippen LogP contribution in [0.3, 0.4) is 0 Å². The highest BCUT2D eigenvalue weighted by molar-refractivity contribution is 5.75. The zero-order valence-electron chi connectivity index (χ0n) is 22.8. The minimum atomic E-state index is -1.22. The van der Waals surface area contributed by atoms with Crippen LogP contribution < -0.4 is 10.9 Å². The highest BCUT2D eigenvalue weighted by atomic mass is 19.1. The molecular weight excluding hydrogens is 507 g/mol. The predicted molar refractivity (Wildman–Crippen MR) is 152 cm³/mol. The van der Waals surface area contributed by atoms with Gasteiger partial charge in [-0.1, -0.05) is 73.5 Å². The van der Waals surface area contributed by atoms with E-state index in [4.69, 9.17) is 0 Å². The molecule has 210 valence electrons. The van der Waals surface area contributed by atoms with Gasteiger partial charge in [-0.2, -0.15) is 0 Å². The van der Waals surface area contributed by atoms with Crippen LogP contribution >= 0.6 is 0 Å². The van der Waals surface area contributed by atoms with Gasteiger partial charge in [-0.25, -0.2) is 9.18 Å². The highest BCUT2D eigenvalue weighted by Gasteiger charge is 2.56. The Bertz CT molecular complexity index is 1410. The zero-order valence-corrected chi connectivity index (χ0v) is 22.8. The number of urea groups is 1. The summed E-state index contributed by atoms with van der Waals surface area (Å²) >= 11 is 0. The Morgan fingerprint density at radius 3 is 2.40 bits per heavy atom. The molecule has 1 saturated carbocycles. The molecule has 0 bridgehead atoms. The topological polar surface area (TPSA) is 77.8 Å². The van der Waals surface area contributed by atoms with Crippen molar-refractivity contribution >= 4 is 6.03 Å². The maximum atomic E-state index is 15.3. The number of aliphatic hydroxyl groups is 1. The lowest BCUT2D eigenvalue weighted by Crippen LogP contribution is -2.64. The van der Waals surface area contributed by atoms with Gasteiger partial charge in [0.2, 0.25) is 0 Å². The summed E-state index contributed by atoms with van der Waals surface area (Å²) < 4.78 is 16.6. The number of nitrogens with one attached hydrogen (secondary N) is 1. The van der Waals surface area contributed by atoms with Crippen molar-refractivity contribution in [2.45, 2.75) is 50.3 Å². The number of aromatic nitrogens is 1. The first-order chi connectivity index (χ1) is 19.4. The Morgan fingerprint density at radius 1 is 0.975 bits per heavy atom. The van der Waals surface area contributed by atoms with Crippen molar-refractivity contribution in [1.82, 2.24) is 19.7 Å². The van der Waals surface area contributed by atoms with Gasteiger partial charge in [0.25, 0.3) is 5.56 Å². The average Bonchev–Trinajstić information content (AvgIpc) is 3.48. The van der Waals surface area contributed by atoms with Crippen molar-refractivity contribution in [3.63, 3.8) is 0 Å². The molecule has 1 aliphatic carbocycles. The molecule has 2 atom stereocenters. The van der Waals surface area contributed by atoms with E-state index in [1.165, 1.54) is 4.57 Å². The van der Waals surface area contributed by atoms with Gasteiger partial charge in [-0.15, -0.1) is 0 Å². The van der Waals surface area contributed by atoms with E-state index in [2.05, 4.69) is 17.4 Å². The number of halogens is 1. The van der Waals surface area contributed by atoms with Crippen LogP contribution in [0.25, 0.3) is 11.1 Å². The van der Waals surface area contributed by atoms with Crippen LogP contribution in [0.1, 0.15) is 43.7 Å². The van der Waals surface area contributed by atoms with Crippen LogP contribution in [-0.2, 0) is 6.54 Å². The SMILES string of the molecule is O=C(N1CCC(O)(Cn2ccc(-c3ccccc3)c(F)c2=O)C2(CCCC2)C1)N1CCNCC1c1ccccc1. The summed E-state index contributed by atoms with van der Waals surface area (Å²) in [6, 6.07) is 20.7. The van der Waals surface area contributed by atoms with Crippen molar-refractivity contribution < 1.29 is 14.3 Å². The van der Waals surface area contributed by atoms with Crippen molar-refractivity contribution in [1.29, 1.82) is 0 Å². The smallest absolute Gasteiger partial charge is 0.320 e. The number of pyridine rings is 1. The summed E-state index contributed by atoms with van der Waals surface area (Å²) in [5.74, 6) is -0.809. The van der Waals surface area contributed by atoms with Crippen molar-refractivity contribution in [3.8, 4) is 11.1 Å². The predicted octanol–water partition coefficient (Wildman–Crippen LogP) is 4.42. The molecule has 7 nitrogen and oxygen atoms in total. The summed E-state index contributed by atoms with van der Waals surface area (Å²) in [6.45, 7) is 2.90. The van der Waals surface area contributed by atoms with E-state index in [0.717, 1.165) is 37.8 Å². The molecule has 8 heteroatoms. The van der Waals surface area contributed by atoms with Gasteiger partial charge in [-0.05, 0) is 36.5 Å². The van der Waals surface area contributed by atoms with Crippen molar-refractivity contribution in [2.24, 2.45) is 5.41 Å². The molecule has 1 aromatic heterocycles.